The van der Waals surface area contributed by atoms with E-state index in [1.807, 2.05) is 30.3 Å². The molecule has 4 rings (SSSR count). The number of rotatable bonds is 6. The lowest BCUT2D eigenvalue weighted by Crippen LogP contribution is -2.43. The summed E-state index contributed by atoms with van der Waals surface area (Å²) in [5.74, 6) is -3.91. The molecule has 2 aromatic heterocycles. The largest absolute Gasteiger partial charge is 0.492 e. The highest BCUT2D eigenvalue weighted by atomic mass is 79.9. The summed E-state index contributed by atoms with van der Waals surface area (Å²) in [6.45, 7) is 1.30. The number of alkyl halides is 6. The Bertz CT molecular complexity index is 1260. The maximum absolute atomic E-state index is 10.6. The number of aliphatic hydroxyl groups is 1. The molecule has 2 heterocycles. The lowest BCUT2D eigenvalue weighted by molar-refractivity contribution is -0.193. The number of benzene rings is 1. The van der Waals surface area contributed by atoms with Crippen molar-refractivity contribution in [2.24, 2.45) is 0 Å². The summed E-state index contributed by atoms with van der Waals surface area (Å²) < 4.78 is 70.2. The zero-order valence-corrected chi connectivity index (χ0v) is 22.6. The quantitative estimate of drug-likeness (QED) is 0.183. The number of carbonyl (C=O) groups is 2. The summed E-state index contributed by atoms with van der Waals surface area (Å²) in [6, 6.07) is 10.0. The lowest BCUT2D eigenvalue weighted by atomic mass is 9.93. The van der Waals surface area contributed by atoms with Gasteiger partial charge in [-0.2, -0.15) is 26.3 Å². The fourth-order valence-electron chi connectivity index (χ4n) is 3.48. The second-order valence-electron chi connectivity index (χ2n) is 8.50. The van der Waals surface area contributed by atoms with Gasteiger partial charge in [0.05, 0.1) is 11.6 Å². The van der Waals surface area contributed by atoms with E-state index >= 15 is 0 Å². The standard InChI is InChI=1S/C20H23BrN4O2.2C2HF3O2/c21-14-11-17-20(23-12-14)25-19(24-17)13-5-7-15(8-6-13)27-10-9-22-16-3-1-2-4-18(16)26;2*3-2(4,5)1(6)7/h5-8,11-12,16,18,22,26H,1-4,9-10H2,(H,23,24,25);2*(H,6,7)/t16-,18+;;/m1../s1. The van der Waals surface area contributed by atoms with Crippen molar-refractivity contribution in [1.29, 1.82) is 0 Å². The Kier molecular flexibility index (Phi) is 12.3. The van der Waals surface area contributed by atoms with Gasteiger partial charge in [0.1, 0.15) is 18.2 Å². The molecule has 1 fully saturated rings. The van der Waals surface area contributed by atoms with Crippen LogP contribution < -0.4 is 10.1 Å². The molecule has 2 atom stereocenters. The number of aliphatic carboxylic acids is 2. The Balaban J connectivity index is 0.000000349. The monoisotopic (exact) mass is 658 g/mol. The minimum Gasteiger partial charge on any atom is -0.492 e. The van der Waals surface area contributed by atoms with Gasteiger partial charge in [-0.25, -0.2) is 19.6 Å². The molecule has 3 aromatic rings. The molecule has 0 radical (unpaired) electrons. The number of hydrogen-bond acceptors (Lipinski definition) is 7. The Morgan fingerprint density at radius 1 is 1.02 bits per heavy atom. The van der Waals surface area contributed by atoms with Crippen molar-refractivity contribution in [2.75, 3.05) is 13.2 Å². The first-order valence-electron chi connectivity index (χ1n) is 11.8. The number of aromatic amines is 1. The van der Waals surface area contributed by atoms with Crippen molar-refractivity contribution in [3.63, 3.8) is 0 Å². The van der Waals surface area contributed by atoms with Gasteiger partial charge >= 0.3 is 24.3 Å². The van der Waals surface area contributed by atoms with Crippen molar-refractivity contribution < 1.29 is 56.0 Å². The number of halogens is 7. The van der Waals surface area contributed by atoms with Crippen molar-refractivity contribution in [1.82, 2.24) is 20.3 Å². The predicted octanol–water partition coefficient (Wildman–Crippen LogP) is 4.93. The van der Waals surface area contributed by atoms with Crippen LogP contribution in [0.2, 0.25) is 0 Å². The van der Waals surface area contributed by atoms with Crippen LogP contribution in [-0.2, 0) is 9.59 Å². The van der Waals surface area contributed by atoms with Crippen LogP contribution in [-0.4, -0.2) is 79.9 Å². The van der Waals surface area contributed by atoms with Gasteiger partial charge in [0, 0.05) is 28.8 Å². The molecule has 0 saturated heterocycles. The molecule has 1 aliphatic rings. The molecule has 41 heavy (non-hydrogen) atoms. The number of H-pyrrole nitrogens is 1. The first-order valence-corrected chi connectivity index (χ1v) is 12.6. The maximum Gasteiger partial charge on any atom is 0.490 e. The molecular formula is C24H25BrF6N4O6. The topological polar surface area (TPSA) is 158 Å². The third-order valence-corrected chi connectivity index (χ3v) is 5.86. The van der Waals surface area contributed by atoms with Crippen LogP contribution >= 0.6 is 15.9 Å². The molecule has 5 N–H and O–H groups in total. The highest BCUT2D eigenvalue weighted by molar-refractivity contribution is 9.10. The second-order valence-corrected chi connectivity index (χ2v) is 9.42. The van der Waals surface area contributed by atoms with E-state index in [0.29, 0.717) is 12.3 Å². The first kappa shape index (κ1) is 33.8. The van der Waals surface area contributed by atoms with Crippen LogP contribution in [0.1, 0.15) is 25.7 Å². The Hall–Kier alpha value is -3.44. The number of nitrogens with one attached hydrogen (secondary N) is 2. The Labute approximate surface area is 236 Å². The highest BCUT2D eigenvalue weighted by Crippen LogP contribution is 2.24. The van der Waals surface area contributed by atoms with E-state index < -0.39 is 24.3 Å². The van der Waals surface area contributed by atoms with E-state index in [-0.39, 0.29) is 12.1 Å². The van der Waals surface area contributed by atoms with Crippen LogP contribution in [0.15, 0.2) is 41.0 Å². The normalized spacial score (nSPS) is 17.1. The molecule has 17 heteroatoms. The number of ether oxygens (including phenoxy) is 1. The Morgan fingerprint density at radius 2 is 1.59 bits per heavy atom. The molecule has 0 spiro atoms. The van der Waals surface area contributed by atoms with Gasteiger partial charge in [-0.05, 0) is 59.1 Å². The summed E-state index contributed by atoms with van der Waals surface area (Å²) in [7, 11) is 0. The molecule has 10 nitrogen and oxygen atoms in total. The lowest BCUT2D eigenvalue weighted by Gasteiger charge is -2.28. The number of nitrogens with zero attached hydrogens (tertiary/aromatic N) is 2. The molecule has 0 unspecified atom stereocenters. The molecule has 1 aromatic carbocycles. The SMILES string of the molecule is O=C(O)C(F)(F)F.O=C(O)C(F)(F)F.O[C@H]1CCCC[C@H]1NCCOc1ccc(-c2nc3ncc(Br)cc3[nH]2)cc1. The second kappa shape index (κ2) is 15.0. The average molecular weight is 659 g/mol. The van der Waals surface area contributed by atoms with Gasteiger partial charge in [-0.1, -0.05) is 12.8 Å². The van der Waals surface area contributed by atoms with Gasteiger partial charge < -0.3 is 30.4 Å². The van der Waals surface area contributed by atoms with Gasteiger partial charge in [-0.3, -0.25) is 0 Å². The molecule has 1 saturated carbocycles. The molecule has 0 amide bonds. The fraction of sp³-hybridized carbons (Fsp3) is 0.417. The van der Waals surface area contributed by atoms with Gasteiger partial charge in [0.15, 0.2) is 5.65 Å². The van der Waals surface area contributed by atoms with Gasteiger partial charge in [0.2, 0.25) is 0 Å². The van der Waals surface area contributed by atoms with E-state index in [4.69, 9.17) is 24.5 Å². The smallest absolute Gasteiger partial charge is 0.490 e. The minimum atomic E-state index is -5.08. The van der Waals surface area contributed by atoms with E-state index in [1.165, 1.54) is 6.42 Å². The predicted molar refractivity (Wildman–Crippen MR) is 136 cm³/mol. The summed E-state index contributed by atoms with van der Waals surface area (Å²) in [4.78, 5) is 29.9. The number of hydrogen-bond donors (Lipinski definition) is 5. The number of fused-ring (bicyclic) bond motifs is 1. The number of carboxylic acid groups (broad SMARTS) is 2. The van der Waals surface area contributed by atoms with Crippen LogP contribution in [0.5, 0.6) is 5.75 Å². The van der Waals surface area contributed by atoms with Crippen molar-refractivity contribution >= 4 is 39.0 Å². The molecule has 0 aliphatic heterocycles. The molecule has 226 valence electrons. The minimum absolute atomic E-state index is 0.200. The zero-order chi connectivity index (χ0) is 30.8. The van der Waals surface area contributed by atoms with E-state index in [1.54, 1.807) is 6.20 Å². The maximum atomic E-state index is 10.6. The van der Waals surface area contributed by atoms with E-state index in [2.05, 4.69) is 36.2 Å². The van der Waals surface area contributed by atoms with Crippen molar-refractivity contribution in [2.45, 2.75) is 50.2 Å². The van der Waals surface area contributed by atoms with Crippen LogP contribution in [0.25, 0.3) is 22.6 Å². The van der Waals surface area contributed by atoms with Crippen LogP contribution in [0.4, 0.5) is 26.3 Å². The third kappa shape index (κ3) is 11.5. The van der Waals surface area contributed by atoms with E-state index in [0.717, 1.165) is 52.9 Å². The van der Waals surface area contributed by atoms with Crippen molar-refractivity contribution in [3.8, 4) is 17.1 Å². The van der Waals surface area contributed by atoms with Crippen molar-refractivity contribution in [3.05, 3.63) is 41.0 Å². The summed E-state index contributed by atoms with van der Waals surface area (Å²) in [6.07, 6.45) is -4.40. The summed E-state index contributed by atoms with van der Waals surface area (Å²) in [5, 5.41) is 27.6. The highest BCUT2D eigenvalue weighted by Gasteiger charge is 2.38. The number of imidazole rings is 1. The van der Waals surface area contributed by atoms with Crippen LogP contribution in [0, 0.1) is 0 Å². The van der Waals surface area contributed by atoms with Crippen LogP contribution in [0.3, 0.4) is 0 Å². The number of aromatic nitrogens is 3. The number of pyridine rings is 1. The van der Waals surface area contributed by atoms with E-state index in [9.17, 15) is 31.4 Å². The Morgan fingerprint density at radius 3 is 2.12 bits per heavy atom. The first-order chi connectivity index (χ1) is 19.1. The fourth-order valence-corrected chi connectivity index (χ4v) is 3.81. The molecular weight excluding hydrogens is 634 g/mol. The molecule has 1 aliphatic carbocycles. The number of carboxylic acids is 2. The number of aliphatic hydroxyl groups excluding tert-OH is 1. The zero-order valence-electron chi connectivity index (χ0n) is 21.0. The summed E-state index contributed by atoms with van der Waals surface area (Å²) >= 11 is 3.42. The average Bonchev–Trinajstić information content (AvgIpc) is 3.31. The molecule has 0 bridgehead atoms. The summed E-state index contributed by atoms with van der Waals surface area (Å²) in [5.41, 5.74) is 2.58. The third-order valence-electron chi connectivity index (χ3n) is 5.42. The van der Waals surface area contributed by atoms with Gasteiger partial charge in [-0.15, -0.1) is 0 Å². The van der Waals surface area contributed by atoms with Gasteiger partial charge in [0.25, 0.3) is 0 Å².